The Morgan fingerprint density at radius 3 is 1.47 bits per heavy atom. The van der Waals surface area contributed by atoms with Crippen LogP contribution >= 0.6 is 0 Å². The van der Waals surface area contributed by atoms with Crippen LogP contribution in [-0.4, -0.2) is 72.0 Å². The van der Waals surface area contributed by atoms with Crippen LogP contribution in [0.3, 0.4) is 0 Å². The number of rotatable bonds is 36. The van der Waals surface area contributed by atoms with Crippen LogP contribution < -0.4 is 10.5 Å². The van der Waals surface area contributed by atoms with Gasteiger partial charge in [0.25, 0.3) is 0 Å². The number of nitrogens with zero attached hydrogens (tertiary/aromatic N) is 1. The largest absolute Gasteiger partial charge is 0.489 e. The van der Waals surface area contributed by atoms with Crippen molar-refractivity contribution in [3.63, 3.8) is 0 Å². The first kappa shape index (κ1) is 58.1. The Morgan fingerprint density at radius 1 is 0.594 bits per heavy atom. The molecule has 0 spiro atoms. The van der Waals surface area contributed by atoms with E-state index in [0.29, 0.717) is 19.6 Å². The van der Waals surface area contributed by atoms with E-state index in [0.717, 1.165) is 55.8 Å². The Morgan fingerprint density at radius 2 is 1.03 bits per heavy atom. The van der Waals surface area contributed by atoms with Gasteiger partial charge in [-0.2, -0.15) is 0 Å². The molecule has 0 aromatic heterocycles. The van der Waals surface area contributed by atoms with Gasteiger partial charge in [0.2, 0.25) is 0 Å². The third-order valence-corrected chi connectivity index (χ3v) is 23.1. The Hall–Kier alpha value is -2.02. The van der Waals surface area contributed by atoms with Crippen molar-refractivity contribution in [1.82, 2.24) is 4.90 Å². The second-order valence-corrected chi connectivity index (χ2v) is 31.5. The fraction of sp³-hybridized carbons (Fsp3) is 0.764. The van der Waals surface area contributed by atoms with Crippen LogP contribution in [0.1, 0.15) is 189 Å². The maximum absolute atomic E-state index is 13.2. The molecule has 0 heterocycles. The highest BCUT2D eigenvalue weighted by atomic mass is 28.4. The van der Waals surface area contributed by atoms with Gasteiger partial charge < -0.3 is 24.1 Å². The molecule has 0 saturated heterocycles. The maximum Gasteiger partial charge on any atom is 0.323 e. The van der Waals surface area contributed by atoms with Crippen molar-refractivity contribution in [1.29, 1.82) is 0 Å². The normalized spacial score (nSPS) is 14.2. The number of nitrogens with two attached hydrogens (primary N) is 1. The Labute approximate surface area is 397 Å². The number of carbonyl (C=O) groups excluding carboxylic acids is 1. The van der Waals surface area contributed by atoms with Gasteiger partial charge in [0.1, 0.15) is 18.4 Å². The van der Waals surface area contributed by atoms with Crippen molar-refractivity contribution >= 4 is 22.6 Å². The van der Waals surface area contributed by atoms with Crippen molar-refractivity contribution in [2.24, 2.45) is 5.73 Å². The molecular weight excluding hydrogens is 825 g/mol. The molecule has 9 heteroatoms. The molecule has 0 aliphatic carbocycles. The zero-order valence-electron chi connectivity index (χ0n) is 43.7. The van der Waals surface area contributed by atoms with Crippen molar-refractivity contribution in [2.75, 3.05) is 26.2 Å². The quantitative estimate of drug-likeness (QED) is 0.0414. The van der Waals surface area contributed by atoms with E-state index < -0.39 is 22.7 Å². The highest BCUT2D eigenvalue weighted by Crippen LogP contribution is 2.39. The van der Waals surface area contributed by atoms with Gasteiger partial charge in [0.05, 0.1) is 18.8 Å². The van der Waals surface area contributed by atoms with E-state index in [4.69, 9.17) is 24.1 Å². The number of hydrogen-bond donors (Lipinski definition) is 1. The zero-order valence-corrected chi connectivity index (χ0v) is 45.7. The van der Waals surface area contributed by atoms with Gasteiger partial charge in [-0.3, -0.25) is 9.69 Å². The van der Waals surface area contributed by atoms with Crippen LogP contribution in [-0.2, 0) is 31.4 Å². The lowest BCUT2D eigenvalue weighted by Gasteiger charge is -2.42. The first-order chi connectivity index (χ1) is 30.3. The van der Waals surface area contributed by atoms with Crippen molar-refractivity contribution in [3.05, 3.63) is 65.7 Å². The van der Waals surface area contributed by atoms with Crippen LogP contribution in [0.25, 0.3) is 0 Å². The Bertz CT molecular complexity index is 1420. The van der Waals surface area contributed by atoms with Crippen molar-refractivity contribution in [3.8, 4) is 5.75 Å². The summed E-state index contributed by atoms with van der Waals surface area (Å²) in [5, 5.41) is 0.260. The zero-order chi connectivity index (χ0) is 47.5. The van der Waals surface area contributed by atoms with Crippen molar-refractivity contribution in [2.45, 2.75) is 245 Å². The lowest BCUT2D eigenvalue weighted by atomic mass is 10.0. The number of unbranched alkanes of at least 4 members (excludes halogenated alkanes) is 14. The van der Waals surface area contributed by atoms with Crippen LogP contribution in [0.2, 0.25) is 36.3 Å². The molecule has 2 aromatic rings. The minimum atomic E-state index is -2.03. The van der Waals surface area contributed by atoms with Crippen LogP contribution in [0.5, 0.6) is 5.75 Å². The monoisotopic (exact) mass is 925 g/mol. The second kappa shape index (κ2) is 31.1. The summed E-state index contributed by atoms with van der Waals surface area (Å²) in [5.74, 6) is 0.441. The van der Waals surface area contributed by atoms with Gasteiger partial charge in [0, 0.05) is 19.6 Å². The number of ether oxygens (including phenoxy) is 2. The van der Waals surface area contributed by atoms with Crippen molar-refractivity contribution < 1.29 is 23.1 Å². The molecule has 0 amide bonds. The van der Waals surface area contributed by atoms with E-state index in [-0.39, 0.29) is 28.3 Å². The maximum atomic E-state index is 13.2. The molecule has 0 aliphatic heterocycles. The predicted octanol–water partition coefficient (Wildman–Crippen LogP) is 15.2. The fourth-order valence-corrected chi connectivity index (χ4v) is 10.5. The first-order valence-corrected chi connectivity index (χ1v) is 31.9. The third kappa shape index (κ3) is 24.7. The molecule has 7 nitrogen and oxygen atoms in total. The molecule has 2 N–H and O–H groups in total. The van der Waals surface area contributed by atoms with E-state index in [2.05, 4.69) is 98.6 Å². The van der Waals surface area contributed by atoms with E-state index in [1.54, 1.807) is 0 Å². The number of carbonyl (C=O) groups is 1. The number of benzene rings is 2. The van der Waals surface area contributed by atoms with E-state index >= 15 is 0 Å². The molecule has 2 unspecified atom stereocenters. The van der Waals surface area contributed by atoms with Crippen LogP contribution in [0.4, 0.5) is 0 Å². The summed E-state index contributed by atoms with van der Waals surface area (Å²) in [7, 11) is -4.06. The predicted molar refractivity (Wildman–Crippen MR) is 280 cm³/mol. The highest BCUT2D eigenvalue weighted by molar-refractivity contribution is 6.74. The lowest BCUT2D eigenvalue weighted by Crippen LogP contribution is -2.50. The summed E-state index contributed by atoms with van der Waals surface area (Å²) in [6.07, 6.45) is 24.6. The Kier molecular flexibility index (Phi) is 28.2. The van der Waals surface area contributed by atoms with Gasteiger partial charge in [-0.1, -0.05) is 201 Å². The average Bonchev–Trinajstić information content (AvgIpc) is 3.23. The standard InChI is InChI=1S/C55H100N2O5Si2/c1-13-15-17-19-21-23-25-30-35-50(61-63(9,10)54(3,4)5)44-57(45-51(62-64(11,12)55(6,7)8)36-31-26-24-22-20-18-16-14-2)41-32-42-59-53(58)52(56)43-47-37-39-49(40-38-47)60-46-48-33-28-27-29-34-48/h27-29,33-34,37-40,50-52H,13-26,30-32,35-36,41-46,56H2,1-12H3/t50?,51?,52-/m0/s1. The summed E-state index contributed by atoms with van der Waals surface area (Å²) in [5.41, 5.74) is 8.54. The van der Waals surface area contributed by atoms with E-state index in [9.17, 15) is 4.79 Å². The molecule has 2 rings (SSSR count). The van der Waals surface area contributed by atoms with Gasteiger partial charge >= 0.3 is 5.97 Å². The smallest absolute Gasteiger partial charge is 0.323 e. The second-order valence-electron chi connectivity index (χ2n) is 22.0. The van der Waals surface area contributed by atoms with Crippen LogP contribution in [0.15, 0.2) is 54.6 Å². The summed E-state index contributed by atoms with van der Waals surface area (Å²) >= 11 is 0. The molecule has 0 radical (unpaired) electrons. The number of hydrogen-bond acceptors (Lipinski definition) is 7. The van der Waals surface area contributed by atoms with Gasteiger partial charge in [-0.05, 0) is 85.2 Å². The fourth-order valence-electron chi connectivity index (χ4n) is 7.77. The summed E-state index contributed by atoms with van der Waals surface area (Å²) in [4.78, 5) is 15.9. The SMILES string of the molecule is CCCCCCCCCCC(CN(CCCOC(=O)[C@@H](N)Cc1ccc(OCc2ccccc2)cc1)CC(CCCCCCCCCC)O[Si](C)(C)C(C)(C)C)O[Si](C)(C)C(C)(C)C. The highest BCUT2D eigenvalue weighted by Gasteiger charge is 2.41. The first-order valence-electron chi connectivity index (χ1n) is 26.0. The molecule has 0 saturated carbocycles. The molecule has 0 aliphatic rings. The molecule has 0 fully saturated rings. The van der Waals surface area contributed by atoms with Gasteiger partial charge in [0.15, 0.2) is 16.6 Å². The third-order valence-electron chi connectivity index (χ3n) is 14.0. The number of esters is 1. The minimum Gasteiger partial charge on any atom is -0.489 e. The minimum absolute atomic E-state index is 0.130. The van der Waals surface area contributed by atoms with Gasteiger partial charge in [-0.15, -0.1) is 0 Å². The molecule has 2 aromatic carbocycles. The molecule has 0 bridgehead atoms. The van der Waals surface area contributed by atoms with Crippen LogP contribution in [0, 0.1) is 0 Å². The lowest BCUT2D eigenvalue weighted by molar-refractivity contribution is -0.145. The molecule has 3 atom stereocenters. The summed E-state index contributed by atoms with van der Waals surface area (Å²) in [6, 6.07) is 17.3. The summed E-state index contributed by atoms with van der Waals surface area (Å²) < 4.78 is 26.5. The molecular formula is C55H100N2O5Si2. The average molecular weight is 926 g/mol. The van der Waals surface area contributed by atoms with E-state index in [1.807, 2.05) is 42.5 Å². The van der Waals surface area contributed by atoms with Gasteiger partial charge in [-0.25, -0.2) is 0 Å². The molecule has 368 valence electrons. The molecule has 64 heavy (non-hydrogen) atoms. The van der Waals surface area contributed by atoms with E-state index in [1.165, 1.54) is 103 Å². The summed E-state index contributed by atoms with van der Waals surface area (Å²) in [6.45, 7) is 31.7. The Balaban J connectivity index is 2.19. The topological polar surface area (TPSA) is 83.3 Å².